The summed E-state index contributed by atoms with van der Waals surface area (Å²) in [6.45, 7) is 4.05. The number of aliphatic hydroxyl groups excluding tert-OH is 1. The highest BCUT2D eigenvalue weighted by molar-refractivity contribution is 6.46. The molecule has 0 bridgehead atoms. The third-order valence-electron chi connectivity index (χ3n) is 6.29. The van der Waals surface area contributed by atoms with Crippen molar-refractivity contribution in [1.29, 1.82) is 0 Å². The van der Waals surface area contributed by atoms with Crippen LogP contribution in [0.4, 0.5) is 0 Å². The van der Waals surface area contributed by atoms with Crippen LogP contribution in [0.1, 0.15) is 36.6 Å². The van der Waals surface area contributed by atoms with E-state index in [1.54, 1.807) is 55.6 Å². The van der Waals surface area contributed by atoms with Gasteiger partial charge < -0.3 is 29.0 Å². The van der Waals surface area contributed by atoms with Gasteiger partial charge in [-0.15, -0.1) is 0 Å². The number of hydrogen-bond donors (Lipinski definition) is 1. The number of benzene rings is 3. The fourth-order valence-electron chi connectivity index (χ4n) is 4.61. The van der Waals surface area contributed by atoms with Gasteiger partial charge in [0.05, 0.1) is 31.4 Å². The van der Waals surface area contributed by atoms with E-state index < -0.39 is 17.7 Å². The van der Waals surface area contributed by atoms with Crippen molar-refractivity contribution in [2.45, 2.75) is 32.5 Å². The van der Waals surface area contributed by atoms with Crippen LogP contribution in [0, 0.1) is 0 Å². The molecule has 5 rings (SSSR count). The van der Waals surface area contributed by atoms with Crippen molar-refractivity contribution in [2.24, 2.45) is 0 Å². The number of amides is 1. The molecule has 190 valence electrons. The van der Waals surface area contributed by atoms with Crippen LogP contribution in [-0.2, 0) is 16.1 Å². The van der Waals surface area contributed by atoms with Crippen LogP contribution in [0.15, 0.2) is 72.3 Å². The summed E-state index contributed by atoms with van der Waals surface area (Å²) in [4.78, 5) is 28.2. The van der Waals surface area contributed by atoms with E-state index >= 15 is 0 Å². The number of Topliss-reactive ketones (excluding diaryl/α,β-unsaturated/α-hetero) is 1. The molecule has 2 heterocycles. The lowest BCUT2D eigenvalue weighted by Crippen LogP contribution is -2.29. The van der Waals surface area contributed by atoms with E-state index in [2.05, 4.69) is 0 Å². The number of ether oxygens (including phenoxy) is 4. The van der Waals surface area contributed by atoms with Crippen LogP contribution in [0.25, 0.3) is 5.76 Å². The van der Waals surface area contributed by atoms with Crippen LogP contribution in [0.2, 0.25) is 0 Å². The fraction of sp³-hybridized carbons (Fsp3) is 0.241. The standard InChI is InChI=1S/C29H27NO7/c1-17(2)37-21-11-8-18(9-12-21)26-25(27(31)19-10-13-23-24(14-19)36-16-35-23)28(32)29(33)30(26)15-20-6-4-5-7-22(20)34-3/h4-14,17,26,31H,15-16H2,1-3H3/b27-25-. The van der Waals surface area contributed by atoms with Gasteiger partial charge in [-0.05, 0) is 55.8 Å². The first-order chi connectivity index (χ1) is 17.9. The maximum Gasteiger partial charge on any atom is 0.295 e. The zero-order chi connectivity index (χ0) is 26.1. The highest BCUT2D eigenvalue weighted by Gasteiger charge is 2.46. The Hall–Kier alpha value is -4.46. The van der Waals surface area contributed by atoms with Gasteiger partial charge in [0.2, 0.25) is 6.79 Å². The van der Waals surface area contributed by atoms with Crippen molar-refractivity contribution < 1.29 is 33.6 Å². The summed E-state index contributed by atoms with van der Waals surface area (Å²) in [5.41, 5.74) is 1.74. The Morgan fingerprint density at radius 2 is 1.76 bits per heavy atom. The summed E-state index contributed by atoms with van der Waals surface area (Å²) < 4.78 is 22.0. The van der Waals surface area contributed by atoms with Crippen molar-refractivity contribution in [1.82, 2.24) is 4.90 Å². The molecule has 37 heavy (non-hydrogen) atoms. The highest BCUT2D eigenvalue weighted by atomic mass is 16.7. The smallest absolute Gasteiger partial charge is 0.295 e. The van der Waals surface area contributed by atoms with E-state index in [4.69, 9.17) is 18.9 Å². The Balaban J connectivity index is 1.61. The zero-order valence-electron chi connectivity index (χ0n) is 20.8. The molecule has 0 radical (unpaired) electrons. The largest absolute Gasteiger partial charge is 0.507 e. The van der Waals surface area contributed by atoms with E-state index in [9.17, 15) is 14.7 Å². The van der Waals surface area contributed by atoms with Gasteiger partial charge in [0.1, 0.15) is 17.3 Å². The average molecular weight is 502 g/mol. The maximum absolute atomic E-state index is 13.4. The van der Waals surface area contributed by atoms with Gasteiger partial charge in [-0.1, -0.05) is 30.3 Å². The highest BCUT2D eigenvalue weighted by Crippen LogP contribution is 2.43. The van der Waals surface area contributed by atoms with E-state index in [0.29, 0.717) is 34.1 Å². The van der Waals surface area contributed by atoms with Gasteiger partial charge in [-0.3, -0.25) is 9.59 Å². The van der Waals surface area contributed by atoms with Crippen molar-refractivity contribution in [2.75, 3.05) is 13.9 Å². The number of nitrogens with zero attached hydrogens (tertiary/aromatic N) is 1. The number of para-hydroxylation sites is 1. The summed E-state index contributed by atoms with van der Waals surface area (Å²) in [6, 6.07) is 18.6. The Bertz CT molecular complexity index is 1380. The monoisotopic (exact) mass is 501 g/mol. The first kappa shape index (κ1) is 24.2. The molecule has 2 aliphatic rings. The van der Waals surface area contributed by atoms with Crippen LogP contribution in [-0.4, -0.2) is 41.7 Å². The van der Waals surface area contributed by atoms with Gasteiger partial charge in [0.15, 0.2) is 11.5 Å². The van der Waals surface area contributed by atoms with Crippen LogP contribution >= 0.6 is 0 Å². The van der Waals surface area contributed by atoms with Gasteiger partial charge in [-0.2, -0.15) is 0 Å². The molecule has 0 aromatic heterocycles. The Morgan fingerprint density at radius 3 is 2.49 bits per heavy atom. The van der Waals surface area contributed by atoms with Crippen LogP contribution in [0.3, 0.4) is 0 Å². The minimum absolute atomic E-state index is 0.00343. The summed E-state index contributed by atoms with van der Waals surface area (Å²) in [7, 11) is 1.55. The molecular formula is C29H27NO7. The predicted molar refractivity (Wildman–Crippen MR) is 136 cm³/mol. The van der Waals surface area contributed by atoms with Crippen molar-refractivity contribution in [3.8, 4) is 23.0 Å². The molecule has 8 heteroatoms. The number of likely N-dealkylation sites (tertiary alicyclic amines) is 1. The van der Waals surface area contributed by atoms with Crippen molar-refractivity contribution in [3.63, 3.8) is 0 Å². The Labute approximate surface area is 214 Å². The number of carbonyl (C=O) groups is 2. The molecule has 1 saturated heterocycles. The summed E-state index contributed by atoms with van der Waals surface area (Å²) in [5, 5.41) is 11.4. The zero-order valence-corrected chi connectivity index (χ0v) is 20.8. The van der Waals surface area contributed by atoms with Crippen molar-refractivity contribution in [3.05, 3.63) is 89.0 Å². The summed E-state index contributed by atoms with van der Waals surface area (Å²) >= 11 is 0. The molecule has 1 fully saturated rings. The van der Waals surface area contributed by atoms with E-state index in [1.165, 1.54) is 4.90 Å². The molecule has 0 aliphatic carbocycles. The lowest BCUT2D eigenvalue weighted by atomic mass is 9.95. The van der Waals surface area contributed by atoms with Crippen LogP contribution in [0.5, 0.6) is 23.0 Å². The third kappa shape index (κ3) is 4.58. The SMILES string of the molecule is COc1ccccc1CN1C(=O)C(=O)/C(=C(\O)c2ccc3c(c2)OCO3)C1c1ccc(OC(C)C)cc1. The molecule has 1 atom stereocenters. The number of methoxy groups -OCH3 is 1. The second kappa shape index (κ2) is 9.89. The second-order valence-electron chi connectivity index (χ2n) is 9.04. The number of carbonyl (C=O) groups excluding carboxylic acids is 2. The van der Waals surface area contributed by atoms with E-state index in [-0.39, 0.29) is 30.8 Å². The van der Waals surface area contributed by atoms with Gasteiger partial charge in [0.25, 0.3) is 11.7 Å². The summed E-state index contributed by atoms with van der Waals surface area (Å²) in [6.07, 6.45) is -0.00645. The second-order valence-corrected chi connectivity index (χ2v) is 9.04. The Kier molecular flexibility index (Phi) is 6.48. The number of ketones is 1. The fourth-order valence-corrected chi connectivity index (χ4v) is 4.61. The molecule has 0 saturated carbocycles. The maximum atomic E-state index is 13.4. The van der Waals surface area contributed by atoms with E-state index in [0.717, 1.165) is 5.56 Å². The lowest BCUT2D eigenvalue weighted by Gasteiger charge is -2.26. The molecule has 0 spiro atoms. The Morgan fingerprint density at radius 1 is 1.03 bits per heavy atom. The van der Waals surface area contributed by atoms with E-state index in [1.807, 2.05) is 32.0 Å². The molecule has 1 N–H and O–H groups in total. The topological polar surface area (TPSA) is 94.5 Å². The molecule has 8 nitrogen and oxygen atoms in total. The molecule has 3 aromatic carbocycles. The lowest BCUT2D eigenvalue weighted by molar-refractivity contribution is -0.140. The number of fused-ring (bicyclic) bond motifs is 1. The predicted octanol–water partition coefficient (Wildman–Crippen LogP) is 4.83. The minimum Gasteiger partial charge on any atom is -0.507 e. The first-order valence-electron chi connectivity index (χ1n) is 11.9. The van der Waals surface area contributed by atoms with Gasteiger partial charge >= 0.3 is 0 Å². The third-order valence-corrected chi connectivity index (χ3v) is 6.29. The first-order valence-corrected chi connectivity index (χ1v) is 11.9. The molecule has 1 amide bonds. The normalized spacial score (nSPS) is 17.9. The quantitative estimate of drug-likeness (QED) is 0.281. The molecule has 3 aromatic rings. The minimum atomic E-state index is -0.830. The van der Waals surface area contributed by atoms with Crippen LogP contribution < -0.4 is 18.9 Å². The molecule has 1 unspecified atom stereocenters. The molecule has 2 aliphatic heterocycles. The molecular weight excluding hydrogens is 474 g/mol. The number of hydrogen-bond acceptors (Lipinski definition) is 7. The number of rotatable bonds is 7. The number of aliphatic hydroxyl groups is 1. The van der Waals surface area contributed by atoms with Gasteiger partial charge in [-0.25, -0.2) is 0 Å². The average Bonchev–Trinajstić information content (AvgIpc) is 3.47. The van der Waals surface area contributed by atoms with Gasteiger partial charge in [0, 0.05) is 11.1 Å². The van der Waals surface area contributed by atoms with Crippen molar-refractivity contribution >= 4 is 17.4 Å². The summed E-state index contributed by atoms with van der Waals surface area (Å²) in [5.74, 6) is 0.505.